The number of ether oxygens (including phenoxy) is 5. The molecule has 110 valence electrons. The van der Waals surface area contributed by atoms with Crippen molar-refractivity contribution in [2.75, 3.05) is 27.4 Å². The number of carbonyl (C=O) groups excluding carboxylic acids is 2. The van der Waals surface area contributed by atoms with E-state index < -0.39 is 36.4 Å². The van der Waals surface area contributed by atoms with Crippen LogP contribution in [0.1, 0.15) is 13.8 Å². The first-order valence-corrected chi connectivity index (χ1v) is 5.97. The van der Waals surface area contributed by atoms with E-state index in [1.54, 1.807) is 0 Å². The number of esters is 2. The third kappa shape index (κ3) is 4.45. The van der Waals surface area contributed by atoms with Crippen LogP contribution in [0.2, 0.25) is 0 Å². The van der Waals surface area contributed by atoms with Gasteiger partial charge in [0.15, 0.2) is 12.2 Å². The Morgan fingerprint density at radius 1 is 1.11 bits per heavy atom. The molecule has 0 saturated carbocycles. The summed E-state index contributed by atoms with van der Waals surface area (Å²) in [6.45, 7) is 3.02. The molecule has 0 aromatic heterocycles. The second-order valence-electron chi connectivity index (χ2n) is 4.25. The van der Waals surface area contributed by atoms with Gasteiger partial charge in [0.1, 0.15) is 12.2 Å². The standard InChI is InChI=1S/C12H20O7/c1-7(13)18-10-6-17-9(5-15-3)12(11(10)16-4)19-8(2)14/h9-12H,5-6H2,1-4H3. The molecule has 0 aromatic carbocycles. The van der Waals surface area contributed by atoms with Gasteiger partial charge in [-0.15, -0.1) is 0 Å². The quantitative estimate of drug-likeness (QED) is 0.649. The Morgan fingerprint density at radius 2 is 1.74 bits per heavy atom. The van der Waals surface area contributed by atoms with Gasteiger partial charge in [0, 0.05) is 28.1 Å². The largest absolute Gasteiger partial charge is 0.457 e. The molecule has 0 amide bonds. The van der Waals surface area contributed by atoms with Crippen LogP contribution >= 0.6 is 0 Å². The number of hydrogen-bond donors (Lipinski definition) is 0. The van der Waals surface area contributed by atoms with Crippen LogP contribution in [0.4, 0.5) is 0 Å². The molecule has 1 heterocycles. The Morgan fingerprint density at radius 3 is 2.21 bits per heavy atom. The SMILES string of the molecule is COCC1OCC(OC(C)=O)C(OC)C1OC(C)=O. The first kappa shape index (κ1) is 15.9. The maximum absolute atomic E-state index is 11.2. The molecule has 1 aliphatic heterocycles. The second-order valence-corrected chi connectivity index (χ2v) is 4.25. The molecule has 0 radical (unpaired) electrons. The summed E-state index contributed by atoms with van der Waals surface area (Å²) in [5.41, 5.74) is 0. The second kappa shape index (κ2) is 7.42. The van der Waals surface area contributed by atoms with Crippen molar-refractivity contribution in [2.24, 2.45) is 0 Å². The van der Waals surface area contributed by atoms with Gasteiger partial charge >= 0.3 is 11.9 Å². The van der Waals surface area contributed by atoms with E-state index in [9.17, 15) is 9.59 Å². The molecule has 1 aliphatic rings. The van der Waals surface area contributed by atoms with E-state index in [0.717, 1.165) is 0 Å². The number of carbonyl (C=O) groups is 2. The molecule has 4 atom stereocenters. The lowest BCUT2D eigenvalue weighted by Crippen LogP contribution is -2.57. The first-order chi connectivity index (χ1) is 8.99. The fourth-order valence-corrected chi connectivity index (χ4v) is 2.07. The van der Waals surface area contributed by atoms with Crippen LogP contribution in [0, 0.1) is 0 Å². The Bertz CT molecular complexity index is 317. The predicted molar refractivity (Wildman–Crippen MR) is 63.5 cm³/mol. The third-order valence-electron chi connectivity index (χ3n) is 2.75. The zero-order chi connectivity index (χ0) is 14.4. The molecular weight excluding hydrogens is 256 g/mol. The summed E-state index contributed by atoms with van der Waals surface area (Å²) in [5.74, 6) is -0.900. The highest BCUT2D eigenvalue weighted by Gasteiger charge is 2.44. The monoisotopic (exact) mass is 276 g/mol. The highest BCUT2D eigenvalue weighted by molar-refractivity contribution is 5.67. The molecule has 0 aromatic rings. The van der Waals surface area contributed by atoms with Crippen LogP contribution in [0.3, 0.4) is 0 Å². The third-order valence-corrected chi connectivity index (χ3v) is 2.75. The van der Waals surface area contributed by atoms with Crippen molar-refractivity contribution in [3.05, 3.63) is 0 Å². The van der Waals surface area contributed by atoms with Crippen molar-refractivity contribution >= 4 is 11.9 Å². The smallest absolute Gasteiger partial charge is 0.303 e. The molecule has 7 nitrogen and oxygen atoms in total. The van der Waals surface area contributed by atoms with E-state index in [-0.39, 0.29) is 13.2 Å². The molecule has 0 spiro atoms. The summed E-state index contributed by atoms with van der Waals surface area (Å²) in [7, 11) is 2.99. The minimum atomic E-state index is -0.680. The lowest BCUT2D eigenvalue weighted by atomic mass is 9.99. The maximum atomic E-state index is 11.2. The number of rotatable bonds is 5. The topological polar surface area (TPSA) is 80.3 Å². The molecule has 19 heavy (non-hydrogen) atoms. The minimum absolute atomic E-state index is 0.171. The van der Waals surface area contributed by atoms with Gasteiger partial charge in [-0.2, -0.15) is 0 Å². The van der Waals surface area contributed by atoms with Gasteiger partial charge in [0.05, 0.1) is 13.2 Å². The summed E-state index contributed by atoms with van der Waals surface area (Å²) in [6.07, 6.45) is -2.33. The molecule has 1 saturated heterocycles. The van der Waals surface area contributed by atoms with Gasteiger partial charge in [-0.3, -0.25) is 9.59 Å². The van der Waals surface area contributed by atoms with Crippen LogP contribution in [0.5, 0.6) is 0 Å². The summed E-state index contributed by atoms with van der Waals surface area (Å²) in [5, 5.41) is 0. The van der Waals surface area contributed by atoms with Crippen molar-refractivity contribution in [3.63, 3.8) is 0 Å². The van der Waals surface area contributed by atoms with E-state index in [2.05, 4.69) is 0 Å². The highest BCUT2D eigenvalue weighted by Crippen LogP contribution is 2.23. The normalized spacial score (nSPS) is 30.7. The van der Waals surface area contributed by atoms with Crippen LogP contribution in [0.25, 0.3) is 0 Å². The minimum Gasteiger partial charge on any atom is -0.457 e. The molecular formula is C12H20O7. The molecule has 0 N–H and O–H groups in total. The Kier molecular flexibility index (Phi) is 6.20. The average molecular weight is 276 g/mol. The lowest BCUT2D eigenvalue weighted by molar-refractivity contribution is -0.227. The van der Waals surface area contributed by atoms with Gasteiger partial charge in [0.2, 0.25) is 0 Å². The zero-order valence-electron chi connectivity index (χ0n) is 11.6. The Labute approximate surface area is 112 Å². The average Bonchev–Trinajstić information content (AvgIpc) is 2.31. The van der Waals surface area contributed by atoms with E-state index in [0.29, 0.717) is 0 Å². The maximum Gasteiger partial charge on any atom is 0.303 e. The van der Waals surface area contributed by atoms with Gasteiger partial charge in [-0.05, 0) is 0 Å². The summed E-state index contributed by atoms with van der Waals surface area (Å²) >= 11 is 0. The molecule has 0 aliphatic carbocycles. The number of methoxy groups -OCH3 is 2. The first-order valence-electron chi connectivity index (χ1n) is 5.97. The van der Waals surface area contributed by atoms with E-state index in [1.165, 1.54) is 28.1 Å². The van der Waals surface area contributed by atoms with E-state index in [1.807, 2.05) is 0 Å². The van der Waals surface area contributed by atoms with Gasteiger partial charge in [0.25, 0.3) is 0 Å². The Hall–Kier alpha value is -1.18. The van der Waals surface area contributed by atoms with Crippen LogP contribution in [-0.2, 0) is 33.3 Å². The lowest BCUT2D eigenvalue weighted by Gasteiger charge is -2.40. The number of hydrogen-bond acceptors (Lipinski definition) is 7. The van der Waals surface area contributed by atoms with Crippen molar-refractivity contribution in [3.8, 4) is 0 Å². The Balaban J connectivity index is 2.83. The van der Waals surface area contributed by atoms with Gasteiger partial charge in [-0.25, -0.2) is 0 Å². The fraction of sp³-hybridized carbons (Fsp3) is 0.833. The van der Waals surface area contributed by atoms with Gasteiger partial charge in [-0.1, -0.05) is 0 Å². The van der Waals surface area contributed by atoms with Crippen molar-refractivity contribution < 1.29 is 33.3 Å². The van der Waals surface area contributed by atoms with E-state index in [4.69, 9.17) is 23.7 Å². The van der Waals surface area contributed by atoms with Crippen LogP contribution in [0.15, 0.2) is 0 Å². The molecule has 0 bridgehead atoms. The predicted octanol–water partition coefficient (Wildman–Crippen LogP) is -0.0900. The fourth-order valence-electron chi connectivity index (χ4n) is 2.07. The van der Waals surface area contributed by atoms with Crippen molar-refractivity contribution in [2.45, 2.75) is 38.3 Å². The molecule has 1 rings (SSSR count). The summed E-state index contributed by atoms with van der Waals surface area (Å²) < 4.78 is 26.2. The highest BCUT2D eigenvalue weighted by atomic mass is 16.6. The summed E-state index contributed by atoms with van der Waals surface area (Å²) in [6, 6.07) is 0. The van der Waals surface area contributed by atoms with E-state index >= 15 is 0 Å². The van der Waals surface area contributed by atoms with Crippen molar-refractivity contribution in [1.29, 1.82) is 0 Å². The van der Waals surface area contributed by atoms with Gasteiger partial charge < -0.3 is 23.7 Å². The molecule has 7 heteroatoms. The van der Waals surface area contributed by atoms with Crippen LogP contribution in [-0.4, -0.2) is 63.8 Å². The van der Waals surface area contributed by atoms with Crippen LogP contribution < -0.4 is 0 Å². The zero-order valence-corrected chi connectivity index (χ0v) is 11.6. The molecule has 4 unspecified atom stereocenters. The van der Waals surface area contributed by atoms with Crippen molar-refractivity contribution in [1.82, 2.24) is 0 Å². The summed E-state index contributed by atoms with van der Waals surface area (Å²) in [4.78, 5) is 22.2. The molecule has 1 fully saturated rings.